The van der Waals surface area contributed by atoms with Crippen LogP contribution in [0.5, 0.6) is 0 Å². The summed E-state index contributed by atoms with van der Waals surface area (Å²) in [6, 6.07) is 56.1. The quantitative estimate of drug-likeness (QED) is 0.140. The molecule has 0 aromatic heterocycles. The van der Waals surface area contributed by atoms with E-state index >= 15 is 0 Å². The fourth-order valence-corrected chi connectivity index (χ4v) is 5.24. The van der Waals surface area contributed by atoms with Crippen LogP contribution in [0.3, 0.4) is 0 Å². The lowest BCUT2D eigenvalue weighted by Crippen LogP contribution is -1.96. The monoisotopic (exact) mass is 587 g/mol. The molecule has 0 heteroatoms. The lowest BCUT2D eigenvalue weighted by Gasteiger charge is -2.15. The van der Waals surface area contributed by atoms with Crippen molar-refractivity contribution in [2.75, 3.05) is 0 Å². The van der Waals surface area contributed by atoms with Crippen LogP contribution in [0.4, 0.5) is 0 Å². The molecule has 0 aliphatic rings. The second-order valence-corrected chi connectivity index (χ2v) is 10.9. The molecule has 6 aromatic carbocycles. The third kappa shape index (κ3) is 8.34. The molecule has 219 valence electrons. The van der Waals surface area contributed by atoms with Crippen molar-refractivity contribution in [3.05, 3.63) is 213 Å². The van der Waals surface area contributed by atoms with E-state index in [4.69, 9.17) is 0 Å². The highest BCUT2D eigenvalue weighted by molar-refractivity contribution is 5.93. The normalized spacial score (nSPS) is 11.9. The predicted octanol–water partition coefficient (Wildman–Crippen LogP) is 12.3. The molecule has 0 unspecified atom stereocenters. The molecule has 0 aliphatic carbocycles. The zero-order chi connectivity index (χ0) is 31.2. The molecular weight excluding hydrogens is 553 g/mol. The van der Waals surface area contributed by atoms with Crippen molar-refractivity contribution in [1.29, 1.82) is 0 Å². The van der Waals surface area contributed by atoms with Gasteiger partial charge in [0.25, 0.3) is 0 Å². The molecule has 0 saturated carbocycles. The van der Waals surface area contributed by atoms with Crippen molar-refractivity contribution in [1.82, 2.24) is 0 Å². The highest BCUT2D eigenvalue weighted by Gasteiger charge is 2.13. The smallest absolute Gasteiger partial charge is 0.00139 e. The standard InChI is InChI=1S/C46H35/c1-6-16-37(17-7-1)26-31-42-36-43(32-27-38-18-8-2-9-19-38)45(34-29-40-22-12-4-13-23-40)46(35-30-41-24-14-5-15-25-41)44(42)33-28-39-20-10-3-11-21-39/h1-35H. The van der Waals surface area contributed by atoms with Crippen LogP contribution in [-0.4, -0.2) is 0 Å². The van der Waals surface area contributed by atoms with Crippen LogP contribution in [-0.2, 0) is 0 Å². The van der Waals surface area contributed by atoms with Crippen molar-refractivity contribution in [3.63, 3.8) is 0 Å². The van der Waals surface area contributed by atoms with Crippen molar-refractivity contribution in [2.24, 2.45) is 0 Å². The minimum absolute atomic E-state index is 1.02. The number of benzene rings is 6. The summed E-state index contributed by atoms with van der Waals surface area (Å²) >= 11 is 0. The molecule has 0 spiro atoms. The SMILES string of the molecule is [c]1c(C=Cc2ccccc2)c(C=Cc2ccccc2)c(C=Cc2ccccc2)c(C=Cc2ccccc2)c1C=Cc1ccccc1. The second kappa shape index (κ2) is 15.7. The Bertz CT molecular complexity index is 1850. The molecule has 46 heavy (non-hydrogen) atoms. The maximum Gasteiger partial charge on any atom is -0.00139 e. The van der Waals surface area contributed by atoms with Gasteiger partial charge in [-0.15, -0.1) is 0 Å². The van der Waals surface area contributed by atoms with Gasteiger partial charge in [-0.1, -0.05) is 212 Å². The minimum atomic E-state index is 1.02. The third-order valence-electron chi connectivity index (χ3n) is 7.64. The van der Waals surface area contributed by atoms with Crippen LogP contribution in [0.15, 0.2) is 152 Å². The highest BCUT2D eigenvalue weighted by Crippen LogP contribution is 2.32. The molecule has 0 aliphatic heterocycles. The molecule has 0 saturated heterocycles. The average Bonchev–Trinajstić information content (AvgIpc) is 3.13. The molecule has 0 atom stereocenters. The summed E-state index contributed by atoms with van der Waals surface area (Å²) in [7, 11) is 0. The van der Waals surface area contributed by atoms with E-state index in [0.29, 0.717) is 0 Å². The second-order valence-electron chi connectivity index (χ2n) is 10.9. The largest absolute Gasteiger partial charge is 0.0622 e. The lowest BCUT2D eigenvalue weighted by atomic mass is 9.88. The topological polar surface area (TPSA) is 0 Å². The van der Waals surface area contributed by atoms with E-state index in [2.05, 4.69) is 194 Å². The van der Waals surface area contributed by atoms with Gasteiger partial charge in [-0.25, -0.2) is 0 Å². The molecule has 0 heterocycles. The summed E-state index contributed by atoms with van der Waals surface area (Å²) in [5.74, 6) is 0. The van der Waals surface area contributed by atoms with E-state index < -0.39 is 0 Å². The van der Waals surface area contributed by atoms with Crippen LogP contribution in [0.1, 0.15) is 55.6 Å². The summed E-state index contributed by atoms with van der Waals surface area (Å²) in [5, 5.41) is 0. The Labute approximate surface area is 273 Å². The maximum absolute atomic E-state index is 3.82. The first-order chi connectivity index (χ1) is 22.8. The highest BCUT2D eigenvalue weighted by atomic mass is 14.2. The fourth-order valence-electron chi connectivity index (χ4n) is 5.24. The summed E-state index contributed by atoms with van der Waals surface area (Å²) in [5.41, 5.74) is 11.1. The third-order valence-corrected chi connectivity index (χ3v) is 7.64. The number of hydrogen-bond donors (Lipinski definition) is 0. The molecule has 0 bridgehead atoms. The van der Waals surface area contributed by atoms with Crippen molar-refractivity contribution >= 4 is 60.8 Å². The molecular formula is C46H35. The Morgan fingerprint density at radius 1 is 0.239 bits per heavy atom. The van der Waals surface area contributed by atoms with E-state index in [9.17, 15) is 0 Å². The fraction of sp³-hybridized carbons (Fsp3) is 0. The van der Waals surface area contributed by atoms with Crippen molar-refractivity contribution in [3.8, 4) is 0 Å². The first-order valence-corrected chi connectivity index (χ1v) is 15.6. The number of hydrogen-bond acceptors (Lipinski definition) is 0. The van der Waals surface area contributed by atoms with Crippen LogP contribution in [0.25, 0.3) is 60.8 Å². The van der Waals surface area contributed by atoms with Gasteiger partial charge in [0.2, 0.25) is 0 Å². The van der Waals surface area contributed by atoms with E-state index in [1.54, 1.807) is 0 Å². The Hall–Kier alpha value is -5.98. The molecule has 0 fully saturated rings. The summed E-state index contributed by atoms with van der Waals surface area (Å²) < 4.78 is 0. The van der Waals surface area contributed by atoms with Crippen LogP contribution < -0.4 is 0 Å². The molecule has 6 aromatic rings. The van der Waals surface area contributed by atoms with E-state index in [-0.39, 0.29) is 0 Å². The van der Waals surface area contributed by atoms with E-state index in [1.165, 1.54) is 0 Å². The van der Waals surface area contributed by atoms with Gasteiger partial charge < -0.3 is 0 Å². The van der Waals surface area contributed by atoms with Gasteiger partial charge in [0.15, 0.2) is 0 Å². The first-order valence-electron chi connectivity index (χ1n) is 15.6. The van der Waals surface area contributed by atoms with E-state index in [0.717, 1.165) is 55.6 Å². The van der Waals surface area contributed by atoms with Gasteiger partial charge in [0, 0.05) is 0 Å². The summed E-state index contributed by atoms with van der Waals surface area (Å²) in [6.45, 7) is 0. The van der Waals surface area contributed by atoms with Crippen LogP contribution in [0, 0.1) is 6.07 Å². The Morgan fingerprint density at radius 3 is 0.761 bits per heavy atom. The Morgan fingerprint density at radius 2 is 0.478 bits per heavy atom. The zero-order valence-corrected chi connectivity index (χ0v) is 25.7. The van der Waals surface area contributed by atoms with Gasteiger partial charge in [-0.05, 0) is 61.7 Å². The molecule has 1 radical (unpaired) electrons. The van der Waals surface area contributed by atoms with Crippen molar-refractivity contribution in [2.45, 2.75) is 0 Å². The first kappa shape index (κ1) is 30.1. The van der Waals surface area contributed by atoms with E-state index in [1.807, 2.05) is 24.3 Å². The molecule has 0 nitrogen and oxygen atoms in total. The maximum atomic E-state index is 3.82. The van der Waals surface area contributed by atoms with Gasteiger partial charge in [-0.2, -0.15) is 0 Å². The lowest BCUT2D eigenvalue weighted by molar-refractivity contribution is 1.50. The summed E-state index contributed by atoms with van der Waals surface area (Å²) in [6.07, 6.45) is 22.0. The van der Waals surface area contributed by atoms with Gasteiger partial charge in [-0.3, -0.25) is 0 Å². The molecule has 0 N–H and O–H groups in total. The molecule has 6 rings (SSSR count). The predicted molar refractivity (Wildman–Crippen MR) is 202 cm³/mol. The average molecular weight is 588 g/mol. The molecule has 0 amide bonds. The Balaban J connectivity index is 1.60. The number of rotatable bonds is 10. The van der Waals surface area contributed by atoms with Gasteiger partial charge in [0.1, 0.15) is 0 Å². The van der Waals surface area contributed by atoms with Crippen LogP contribution >= 0.6 is 0 Å². The summed E-state index contributed by atoms with van der Waals surface area (Å²) in [4.78, 5) is 0. The minimum Gasteiger partial charge on any atom is -0.0622 e. The van der Waals surface area contributed by atoms with Gasteiger partial charge >= 0.3 is 0 Å². The van der Waals surface area contributed by atoms with Crippen molar-refractivity contribution < 1.29 is 0 Å². The Kier molecular flexibility index (Phi) is 10.2. The zero-order valence-electron chi connectivity index (χ0n) is 25.7. The van der Waals surface area contributed by atoms with Crippen LogP contribution in [0.2, 0.25) is 0 Å². The van der Waals surface area contributed by atoms with Gasteiger partial charge in [0.05, 0.1) is 0 Å².